The van der Waals surface area contributed by atoms with Gasteiger partial charge in [-0.15, -0.1) is 5.10 Å². The number of hydrogen-bond donors (Lipinski definition) is 1. The van der Waals surface area contributed by atoms with Crippen LogP contribution >= 0.6 is 0 Å². The topological polar surface area (TPSA) is 76.5 Å². The molecule has 1 aliphatic rings. The van der Waals surface area contributed by atoms with Crippen molar-refractivity contribution >= 4 is 17.4 Å². The highest BCUT2D eigenvalue weighted by Crippen LogP contribution is 2.43. The number of fused-ring (bicyclic) bond motifs is 1. The maximum absolute atomic E-state index is 14.1. The van der Waals surface area contributed by atoms with Gasteiger partial charge >= 0.3 is 0 Å². The average molecular weight is 361 g/mol. The van der Waals surface area contributed by atoms with E-state index in [1.165, 1.54) is 33.8 Å². The van der Waals surface area contributed by atoms with Gasteiger partial charge in [-0.2, -0.15) is 0 Å². The molecule has 0 radical (unpaired) electrons. The van der Waals surface area contributed by atoms with Crippen molar-refractivity contribution in [3.05, 3.63) is 59.7 Å². The predicted molar refractivity (Wildman–Crippen MR) is 87.6 cm³/mol. The molecule has 1 unspecified atom stereocenters. The van der Waals surface area contributed by atoms with E-state index >= 15 is 0 Å². The molecule has 134 valence electrons. The zero-order valence-electron chi connectivity index (χ0n) is 13.4. The molecule has 1 amide bonds. The van der Waals surface area contributed by atoms with Crippen molar-refractivity contribution < 1.29 is 18.0 Å². The minimum Gasteiger partial charge on any atom is -0.364 e. The molecule has 0 spiro atoms. The predicted octanol–water partition coefficient (Wildman–Crippen LogP) is 2.55. The third-order valence-electron chi connectivity index (χ3n) is 4.40. The molecule has 2 N–H and O–H groups in total. The van der Waals surface area contributed by atoms with Gasteiger partial charge < -0.3 is 10.6 Å². The van der Waals surface area contributed by atoms with Gasteiger partial charge in [-0.05, 0) is 29.8 Å². The van der Waals surface area contributed by atoms with Crippen LogP contribution in [-0.2, 0) is 0 Å². The van der Waals surface area contributed by atoms with Crippen molar-refractivity contribution in [2.45, 2.75) is 18.4 Å². The lowest BCUT2D eigenvalue weighted by atomic mass is 10.0. The lowest BCUT2D eigenvalue weighted by Crippen LogP contribution is -2.28. The third-order valence-corrected chi connectivity index (χ3v) is 4.40. The molecular weight excluding hydrogens is 347 g/mol. The third kappa shape index (κ3) is 2.75. The van der Waals surface area contributed by atoms with Crippen LogP contribution in [0.4, 0.5) is 19.0 Å². The molecule has 2 aromatic heterocycles. The van der Waals surface area contributed by atoms with Crippen LogP contribution in [-0.4, -0.2) is 33.0 Å². The van der Waals surface area contributed by atoms with Crippen molar-refractivity contribution in [1.29, 1.82) is 0 Å². The van der Waals surface area contributed by atoms with E-state index in [1.807, 2.05) is 0 Å². The summed E-state index contributed by atoms with van der Waals surface area (Å²) >= 11 is 0. The highest BCUT2D eigenvalue weighted by molar-refractivity contribution is 5.91. The molecule has 9 heteroatoms. The number of amides is 1. The molecule has 3 heterocycles. The molecule has 0 bridgehead atoms. The van der Waals surface area contributed by atoms with Gasteiger partial charge in [-0.1, -0.05) is 12.1 Å². The smallest absolute Gasteiger partial charge is 0.269 e. The Morgan fingerprint density at radius 2 is 2.08 bits per heavy atom. The van der Waals surface area contributed by atoms with Crippen molar-refractivity contribution in [3.63, 3.8) is 0 Å². The number of hydrogen-bond acceptors (Lipinski definition) is 4. The van der Waals surface area contributed by atoms with Crippen LogP contribution in [0.25, 0.3) is 5.65 Å². The standard InChI is InChI=1S/C17H14F3N5O/c18-11-3-1-2-10(6-11)12-7-17(19,20)9-24(12)15-5-4-14-22-8-13(16(21)26)25(14)23-15/h1-6,8,12H,7,9H2,(H2,21,26). The molecule has 1 atom stereocenters. The second-order valence-electron chi connectivity index (χ2n) is 6.23. The van der Waals surface area contributed by atoms with Crippen LogP contribution in [0.3, 0.4) is 0 Å². The van der Waals surface area contributed by atoms with Gasteiger partial charge in [-0.25, -0.2) is 22.7 Å². The van der Waals surface area contributed by atoms with Crippen molar-refractivity contribution in [3.8, 4) is 0 Å². The van der Waals surface area contributed by atoms with Crippen LogP contribution in [0.15, 0.2) is 42.6 Å². The first-order chi connectivity index (χ1) is 12.3. The highest BCUT2D eigenvalue weighted by Gasteiger charge is 2.46. The molecule has 1 saturated heterocycles. The van der Waals surface area contributed by atoms with E-state index < -0.39 is 36.7 Å². The van der Waals surface area contributed by atoms with E-state index in [0.29, 0.717) is 11.2 Å². The summed E-state index contributed by atoms with van der Waals surface area (Å²) in [6.45, 7) is -0.562. The summed E-state index contributed by atoms with van der Waals surface area (Å²) in [5, 5.41) is 4.25. The summed E-state index contributed by atoms with van der Waals surface area (Å²) in [6.07, 6.45) is 0.819. The Bertz CT molecular complexity index is 1000. The maximum atomic E-state index is 14.1. The normalized spacial score (nSPS) is 19.2. The lowest BCUT2D eigenvalue weighted by molar-refractivity contribution is 0.0222. The zero-order chi connectivity index (χ0) is 18.5. The number of alkyl halides is 2. The Morgan fingerprint density at radius 3 is 2.81 bits per heavy atom. The van der Waals surface area contributed by atoms with Gasteiger partial charge in [0.05, 0.1) is 18.8 Å². The number of rotatable bonds is 3. The number of carbonyl (C=O) groups excluding carboxylic acids is 1. The minimum atomic E-state index is -2.95. The van der Waals surface area contributed by atoms with Gasteiger partial charge in [-0.3, -0.25) is 4.79 Å². The van der Waals surface area contributed by atoms with Crippen molar-refractivity contribution in [2.24, 2.45) is 5.73 Å². The minimum absolute atomic E-state index is 0.0510. The lowest BCUT2D eigenvalue weighted by Gasteiger charge is -2.25. The van der Waals surface area contributed by atoms with Crippen molar-refractivity contribution in [2.75, 3.05) is 11.4 Å². The number of primary amides is 1. The van der Waals surface area contributed by atoms with Gasteiger partial charge in [0.1, 0.15) is 17.3 Å². The van der Waals surface area contributed by atoms with Crippen LogP contribution in [0.5, 0.6) is 0 Å². The molecule has 0 aliphatic carbocycles. The van der Waals surface area contributed by atoms with Crippen LogP contribution < -0.4 is 10.6 Å². The summed E-state index contributed by atoms with van der Waals surface area (Å²) in [4.78, 5) is 16.9. The largest absolute Gasteiger partial charge is 0.364 e. The van der Waals surface area contributed by atoms with E-state index in [9.17, 15) is 18.0 Å². The van der Waals surface area contributed by atoms with Gasteiger partial charge in [0.15, 0.2) is 5.65 Å². The summed E-state index contributed by atoms with van der Waals surface area (Å²) in [5.41, 5.74) is 6.15. The van der Waals surface area contributed by atoms with E-state index in [-0.39, 0.29) is 11.5 Å². The van der Waals surface area contributed by atoms with Crippen molar-refractivity contribution in [1.82, 2.24) is 14.6 Å². The quantitative estimate of drug-likeness (QED) is 0.778. The number of nitrogens with two attached hydrogens (primary N) is 1. The van der Waals surface area contributed by atoms with Crippen LogP contribution in [0, 0.1) is 5.82 Å². The molecule has 26 heavy (non-hydrogen) atoms. The van der Waals surface area contributed by atoms with E-state index in [4.69, 9.17) is 5.73 Å². The number of aromatic nitrogens is 3. The second kappa shape index (κ2) is 5.72. The number of carbonyl (C=O) groups is 1. The molecule has 1 aromatic carbocycles. The molecule has 3 aromatic rings. The number of anilines is 1. The first kappa shape index (κ1) is 16.4. The van der Waals surface area contributed by atoms with E-state index in [0.717, 1.165) is 0 Å². The zero-order valence-corrected chi connectivity index (χ0v) is 13.4. The van der Waals surface area contributed by atoms with Crippen LogP contribution in [0.1, 0.15) is 28.5 Å². The molecule has 6 nitrogen and oxygen atoms in total. The fraction of sp³-hybridized carbons (Fsp3) is 0.235. The number of halogens is 3. The van der Waals surface area contributed by atoms with E-state index in [2.05, 4.69) is 10.1 Å². The molecule has 1 aliphatic heterocycles. The Morgan fingerprint density at radius 1 is 1.27 bits per heavy atom. The Labute approximate surface area is 146 Å². The van der Waals surface area contributed by atoms with Crippen LogP contribution in [0.2, 0.25) is 0 Å². The molecule has 0 saturated carbocycles. The second-order valence-corrected chi connectivity index (χ2v) is 6.23. The fourth-order valence-electron chi connectivity index (χ4n) is 3.25. The first-order valence-corrected chi connectivity index (χ1v) is 7.89. The van der Waals surface area contributed by atoms with Gasteiger partial charge in [0, 0.05) is 6.42 Å². The number of imidazole rings is 1. The fourth-order valence-corrected chi connectivity index (χ4v) is 3.25. The SMILES string of the molecule is NC(=O)c1cnc2ccc(N3CC(F)(F)CC3c3cccc(F)c3)nn12. The average Bonchev–Trinajstić information content (AvgIpc) is 3.14. The van der Waals surface area contributed by atoms with Gasteiger partial charge in [0.2, 0.25) is 0 Å². The van der Waals surface area contributed by atoms with E-state index in [1.54, 1.807) is 18.2 Å². The number of nitrogens with zero attached hydrogens (tertiary/aromatic N) is 4. The Kier molecular flexibility index (Phi) is 3.60. The Balaban J connectivity index is 1.80. The first-order valence-electron chi connectivity index (χ1n) is 7.89. The summed E-state index contributed by atoms with van der Waals surface area (Å²) in [5.74, 6) is -3.94. The molecule has 1 fully saturated rings. The molecular formula is C17H14F3N5O. The summed E-state index contributed by atoms with van der Waals surface area (Å²) in [6, 6.07) is 7.95. The summed E-state index contributed by atoms with van der Waals surface area (Å²) < 4.78 is 43.0. The monoisotopic (exact) mass is 361 g/mol. The Hall–Kier alpha value is -3.10. The summed E-state index contributed by atoms with van der Waals surface area (Å²) in [7, 11) is 0. The maximum Gasteiger partial charge on any atom is 0.269 e. The van der Waals surface area contributed by atoms with Gasteiger partial charge in [0.25, 0.3) is 11.8 Å². The number of benzene rings is 1. The highest BCUT2D eigenvalue weighted by atomic mass is 19.3. The molecule has 4 rings (SSSR count).